The minimum Gasteiger partial charge on any atom is -0.483 e. The number of nitrogens with zero attached hydrogens (tertiary/aromatic N) is 3. The molecule has 2 aromatic carbocycles. The Morgan fingerprint density at radius 3 is 2.61 bits per heavy atom. The molecule has 0 saturated heterocycles. The number of hydrogen-bond donors (Lipinski definition) is 2. The monoisotopic (exact) mass is 490 g/mol. The van der Waals surface area contributed by atoms with E-state index in [1.807, 2.05) is 37.3 Å². The highest BCUT2D eigenvalue weighted by Crippen LogP contribution is 2.27. The van der Waals surface area contributed by atoms with Crippen LogP contribution in [0.1, 0.15) is 26.3 Å². The summed E-state index contributed by atoms with van der Waals surface area (Å²) in [6.07, 6.45) is 3.39. The first-order valence-electron chi connectivity index (χ1n) is 11.5. The first-order valence-corrected chi connectivity index (χ1v) is 11.5. The topological polar surface area (TPSA) is 137 Å². The zero-order chi connectivity index (χ0) is 25.8. The zero-order valence-corrected chi connectivity index (χ0v) is 20.1. The number of fused-ring (bicyclic) bond motifs is 1. The number of benzene rings is 2. The molecule has 10 heteroatoms. The fourth-order valence-corrected chi connectivity index (χ4v) is 3.84. The molecule has 0 unspecified atom stereocenters. The van der Waals surface area contributed by atoms with E-state index in [0.29, 0.717) is 28.9 Å². The Morgan fingerprint density at radius 2 is 1.94 bits per heavy atom. The van der Waals surface area contributed by atoms with Gasteiger partial charge in [-0.1, -0.05) is 39.0 Å². The predicted molar refractivity (Wildman–Crippen MR) is 132 cm³/mol. The SMILES string of the molecule is CCc1cc2c(=O)c(-c3nncn3-c3ccccc3)coc2cc1OCC(=O)N[C@H](C(=O)O)C(C)C. The van der Waals surface area contributed by atoms with Crippen LogP contribution >= 0.6 is 0 Å². The van der Waals surface area contributed by atoms with Crippen LogP contribution in [-0.4, -0.2) is 44.4 Å². The van der Waals surface area contributed by atoms with Gasteiger partial charge in [0.25, 0.3) is 5.91 Å². The van der Waals surface area contributed by atoms with Gasteiger partial charge >= 0.3 is 5.97 Å². The molecule has 0 aliphatic carbocycles. The Labute approximate surface area is 206 Å². The van der Waals surface area contributed by atoms with Crippen LogP contribution in [0.25, 0.3) is 28.0 Å². The molecule has 10 nitrogen and oxygen atoms in total. The summed E-state index contributed by atoms with van der Waals surface area (Å²) in [5, 5.41) is 20.2. The minimum absolute atomic E-state index is 0.257. The van der Waals surface area contributed by atoms with Crippen molar-refractivity contribution in [2.45, 2.75) is 33.2 Å². The average Bonchev–Trinajstić information content (AvgIpc) is 3.35. The molecule has 2 aromatic heterocycles. The molecule has 36 heavy (non-hydrogen) atoms. The fourth-order valence-electron chi connectivity index (χ4n) is 3.84. The second-order valence-electron chi connectivity index (χ2n) is 8.56. The molecule has 0 saturated carbocycles. The molecule has 0 aliphatic heterocycles. The molecule has 4 rings (SSSR count). The van der Waals surface area contributed by atoms with Crippen LogP contribution < -0.4 is 15.5 Å². The van der Waals surface area contributed by atoms with Gasteiger partial charge < -0.3 is 19.6 Å². The van der Waals surface area contributed by atoms with Crippen molar-refractivity contribution in [1.29, 1.82) is 0 Å². The summed E-state index contributed by atoms with van der Waals surface area (Å²) in [5.41, 5.74) is 1.76. The molecule has 0 bridgehead atoms. The standard InChI is InChI=1S/C26H26N4O6/c1-4-16-10-18-21(11-20(16)36-13-22(31)28-23(15(2)3)26(33)34)35-12-19(24(18)32)25-29-27-14-30(25)17-8-6-5-7-9-17/h5-12,14-15,23H,4,13H2,1-3H3,(H,28,31)(H,33,34)/t23-/m0/s1. The average molecular weight is 491 g/mol. The normalized spacial score (nSPS) is 12.0. The molecule has 2 heterocycles. The highest BCUT2D eigenvalue weighted by molar-refractivity contribution is 5.85. The molecule has 186 valence electrons. The van der Waals surface area contributed by atoms with Gasteiger partial charge in [0.15, 0.2) is 12.4 Å². The van der Waals surface area contributed by atoms with E-state index in [1.165, 1.54) is 12.6 Å². The van der Waals surface area contributed by atoms with E-state index in [0.717, 1.165) is 5.69 Å². The molecule has 0 radical (unpaired) electrons. The molecule has 2 N–H and O–H groups in total. The van der Waals surface area contributed by atoms with Crippen molar-refractivity contribution >= 4 is 22.8 Å². The van der Waals surface area contributed by atoms with Crippen molar-refractivity contribution in [2.75, 3.05) is 6.61 Å². The summed E-state index contributed by atoms with van der Waals surface area (Å²) < 4.78 is 13.2. The lowest BCUT2D eigenvalue weighted by atomic mass is 10.0. The van der Waals surface area contributed by atoms with Crippen LogP contribution in [0.15, 0.2) is 64.3 Å². The first-order chi connectivity index (χ1) is 17.3. The van der Waals surface area contributed by atoms with E-state index in [-0.39, 0.29) is 29.1 Å². The molecule has 0 aliphatic rings. The summed E-state index contributed by atoms with van der Waals surface area (Å²) in [7, 11) is 0. The van der Waals surface area contributed by atoms with Crippen molar-refractivity contribution < 1.29 is 23.8 Å². The summed E-state index contributed by atoms with van der Waals surface area (Å²) in [5.74, 6) is -1.23. The summed E-state index contributed by atoms with van der Waals surface area (Å²) in [6.45, 7) is 4.93. The number of carboxylic acids is 1. The van der Waals surface area contributed by atoms with Gasteiger partial charge in [-0.05, 0) is 36.1 Å². The number of rotatable bonds is 9. The number of aliphatic carboxylic acids is 1. The Balaban J connectivity index is 1.63. The molecule has 1 atom stereocenters. The Morgan fingerprint density at radius 1 is 1.19 bits per heavy atom. The van der Waals surface area contributed by atoms with Crippen LogP contribution in [0.4, 0.5) is 0 Å². The molecular weight excluding hydrogens is 464 g/mol. The number of aromatic nitrogens is 3. The van der Waals surface area contributed by atoms with Gasteiger partial charge in [-0.15, -0.1) is 10.2 Å². The Hall–Kier alpha value is -4.47. The van der Waals surface area contributed by atoms with Crippen LogP contribution in [0, 0.1) is 5.92 Å². The van der Waals surface area contributed by atoms with Gasteiger partial charge in [0.1, 0.15) is 35.5 Å². The van der Waals surface area contributed by atoms with E-state index in [9.17, 15) is 19.5 Å². The Kier molecular flexibility index (Phi) is 7.14. The van der Waals surface area contributed by atoms with Gasteiger partial charge in [-0.3, -0.25) is 14.2 Å². The van der Waals surface area contributed by atoms with E-state index in [4.69, 9.17) is 9.15 Å². The molecular formula is C26H26N4O6. The lowest BCUT2D eigenvalue weighted by Crippen LogP contribution is -2.46. The smallest absolute Gasteiger partial charge is 0.326 e. The van der Waals surface area contributed by atoms with Crippen molar-refractivity contribution in [3.05, 3.63) is 70.8 Å². The minimum atomic E-state index is -1.11. The van der Waals surface area contributed by atoms with Crippen LogP contribution in [-0.2, 0) is 16.0 Å². The number of ether oxygens (including phenoxy) is 1. The van der Waals surface area contributed by atoms with E-state index in [2.05, 4.69) is 15.5 Å². The maximum Gasteiger partial charge on any atom is 0.326 e. The van der Waals surface area contributed by atoms with E-state index in [1.54, 1.807) is 30.5 Å². The highest BCUT2D eigenvalue weighted by Gasteiger charge is 2.24. The fraction of sp³-hybridized carbons (Fsp3) is 0.269. The second kappa shape index (κ2) is 10.4. The third-order valence-corrected chi connectivity index (χ3v) is 5.77. The number of carboxylic acid groups (broad SMARTS) is 1. The van der Waals surface area contributed by atoms with Gasteiger partial charge in [0, 0.05) is 11.8 Å². The number of amides is 1. The number of carbonyl (C=O) groups is 2. The van der Waals surface area contributed by atoms with Crippen molar-refractivity contribution in [3.63, 3.8) is 0 Å². The maximum absolute atomic E-state index is 13.4. The van der Waals surface area contributed by atoms with E-state index < -0.39 is 17.9 Å². The van der Waals surface area contributed by atoms with Gasteiger partial charge in [0.05, 0.1) is 5.39 Å². The lowest BCUT2D eigenvalue weighted by Gasteiger charge is -2.18. The predicted octanol–water partition coefficient (Wildman–Crippen LogP) is 3.21. The summed E-state index contributed by atoms with van der Waals surface area (Å²) in [4.78, 5) is 37.0. The number of hydrogen-bond acceptors (Lipinski definition) is 7. The molecule has 0 fully saturated rings. The molecule has 1 amide bonds. The van der Waals surface area contributed by atoms with Crippen LogP contribution in [0.5, 0.6) is 5.75 Å². The summed E-state index contributed by atoms with van der Waals surface area (Å²) in [6, 6.07) is 11.6. The largest absolute Gasteiger partial charge is 0.483 e. The van der Waals surface area contributed by atoms with Crippen LogP contribution in [0.3, 0.4) is 0 Å². The third kappa shape index (κ3) is 4.97. The number of nitrogens with one attached hydrogen (secondary N) is 1. The Bertz CT molecular complexity index is 1460. The van der Waals surface area contributed by atoms with Gasteiger partial charge in [-0.25, -0.2) is 4.79 Å². The second-order valence-corrected chi connectivity index (χ2v) is 8.56. The number of carbonyl (C=O) groups excluding carboxylic acids is 1. The molecule has 0 spiro atoms. The molecule has 4 aromatic rings. The van der Waals surface area contributed by atoms with Crippen molar-refractivity contribution in [1.82, 2.24) is 20.1 Å². The quantitative estimate of drug-likeness (QED) is 0.365. The van der Waals surface area contributed by atoms with Crippen molar-refractivity contribution in [2.24, 2.45) is 5.92 Å². The maximum atomic E-state index is 13.4. The van der Waals surface area contributed by atoms with Crippen LogP contribution in [0.2, 0.25) is 0 Å². The van der Waals surface area contributed by atoms with Gasteiger partial charge in [-0.2, -0.15) is 0 Å². The lowest BCUT2D eigenvalue weighted by molar-refractivity contribution is -0.143. The number of para-hydroxylation sites is 1. The third-order valence-electron chi connectivity index (χ3n) is 5.77. The van der Waals surface area contributed by atoms with Gasteiger partial charge in [0.2, 0.25) is 5.43 Å². The van der Waals surface area contributed by atoms with Crippen molar-refractivity contribution in [3.8, 4) is 22.8 Å². The highest BCUT2D eigenvalue weighted by atomic mass is 16.5. The summed E-state index contributed by atoms with van der Waals surface area (Å²) >= 11 is 0. The number of aryl methyl sites for hydroxylation is 1. The first kappa shape index (κ1) is 24.6. The van der Waals surface area contributed by atoms with E-state index >= 15 is 0 Å². The zero-order valence-electron chi connectivity index (χ0n) is 20.1.